The maximum atomic E-state index is 12.4. The number of nitrogens with zero attached hydrogens (tertiary/aromatic N) is 1. The third-order valence-corrected chi connectivity index (χ3v) is 3.90. The Morgan fingerprint density at radius 3 is 2.37 bits per heavy atom. The van der Waals surface area contributed by atoms with Crippen molar-refractivity contribution in [3.8, 4) is 0 Å². The Morgan fingerprint density at radius 1 is 0.926 bits per heavy atom. The van der Waals surface area contributed by atoms with Crippen LogP contribution in [0, 0.1) is 0 Å². The first kappa shape index (κ1) is 18.1. The summed E-state index contributed by atoms with van der Waals surface area (Å²) in [7, 11) is 1.32. The Bertz CT molecular complexity index is 925. The third kappa shape index (κ3) is 4.92. The van der Waals surface area contributed by atoms with Gasteiger partial charge in [0, 0.05) is 24.6 Å². The molecule has 136 valence electrons. The number of carbonyl (C=O) groups excluding carboxylic acids is 2. The van der Waals surface area contributed by atoms with E-state index in [0.717, 1.165) is 11.3 Å². The predicted molar refractivity (Wildman–Crippen MR) is 104 cm³/mol. The van der Waals surface area contributed by atoms with Crippen molar-refractivity contribution < 1.29 is 14.3 Å². The fraction of sp³-hybridized carbons (Fsp3) is 0.0952. The fourth-order valence-electron chi connectivity index (χ4n) is 2.47. The Hall–Kier alpha value is -3.67. The van der Waals surface area contributed by atoms with Crippen LogP contribution < -0.4 is 10.6 Å². The molecule has 2 N–H and O–H groups in total. The summed E-state index contributed by atoms with van der Waals surface area (Å²) in [5, 5.41) is 6.04. The van der Waals surface area contributed by atoms with E-state index < -0.39 is 5.97 Å². The number of amides is 1. The summed E-state index contributed by atoms with van der Waals surface area (Å²) in [6, 6.07) is 18.2. The van der Waals surface area contributed by atoms with Gasteiger partial charge in [-0.25, -0.2) is 4.79 Å². The van der Waals surface area contributed by atoms with Gasteiger partial charge in [0.2, 0.25) is 0 Å². The zero-order valence-electron chi connectivity index (χ0n) is 14.8. The van der Waals surface area contributed by atoms with Crippen molar-refractivity contribution in [1.29, 1.82) is 0 Å². The minimum Gasteiger partial charge on any atom is -0.465 e. The van der Waals surface area contributed by atoms with Crippen molar-refractivity contribution in [2.45, 2.75) is 6.54 Å². The lowest BCUT2D eigenvalue weighted by molar-refractivity contribution is 0.0600. The van der Waals surface area contributed by atoms with Gasteiger partial charge in [-0.1, -0.05) is 30.3 Å². The molecule has 1 heterocycles. The van der Waals surface area contributed by atoms with Crippen molar-refractivity contribution in [1.82, 2.24) is 4.98 Å². The van der Waals surface area contributed by atoms with Crippen LogP contribution >= 0.6 is 0 Å². The number of carbonyl (C=O) groups is 2. The van der Waals surface area contributed by atoms with E-state index in [9.17, 15) is 9.59 Å². The van der Waals surface area contributed by atoms with Gasteiger partial charge in [-0.05, 0) is 35.9 Å². The number of anilines is 2. The Balaban J connectivity index is 1.63. The van der Waals surface area contributed by atoms with Crippen LogP contribution in [-0.2, 0) is 11.3 Å². The SMILES string of the molecule is COC(=O)c1ccc(NC(=O)c2cncc(NCc3ccccc3)c2)cc1. The highest BCUT2D eigenvalue weighted by Gasteiger charge is 2.09. The lowest BCUT2D eigenvalue weighted by Gasteiger charge is -2.09. The first-order valence-corrected chi connectivity index (χ1v) is 8.38. The monoisotopic (exact) mass is 361 g/mol. The molecule has 0 fully saturated rings. The van der Waals surface area contributed by atoms with Crippen LogP contribution in [-0.4, -0.2) is 24.0 Å². The van der Waals surface area contributed by atoms with Crippen LogP contribution in [0.15, 0.2) is 73.1 Å². The van der Waals surface area contributed by atoms with Gasteiger partial charge in [-0.3, -0.25) is 9.78 Å². The lowest BCUT2D eigenvalue weighted by Crippen LogP contribution is -2.13. The molecule has 0 atom stereocenters. The average molecular weight is 361 g/mol. The van der Waals surface area contributed by atoms with Gasteiger partial charge in [0.25, 0.3) is 5.91 Å². The number of benzene rings is 2. The van der Waals surface area contributed by atoms with E-state index in [2.05, 4.69) is 20.4 Å². The smallest absolute Gasteiger partial charge is 0.337 e. The van der Waals surface area contributed by atoms with Gasteiger partial charge < -0.3 is 15.4 Å². The molecule has 0 spiro atoms. The molecule has 0 saturated heterocycles. The minimum atomic E-state index is -0.422. The maximum Gasteiger partial charge on any atom is 0.337 e. The summed E-state index contributed by atoms with van der Waals surface area (Å²) < 4.78 is 4.65. The first-order valence-electron chi connectivity index (χ1n) is 8.38. The highest BCUT2D eigenvalue weighted by Crippen LogP contribution is 2.14. The second-order valence-electron chi connectivity index (χ2n) is 5.82. The van der Waals surface area contributed by atoms with Gasteiger partial charge in [-0.2, -0.15) is 0 Å². The highest BCUT2D eigenvalue weighted by molar-refractivity contribution is 6.04. The predicted octanol–water partition coefficient (Wildman–Crippen LogP) is 3.73. The van der Waals surface area contributed by atoms with Gasteiger partial charge in [0.1, 0.15) is 0 Å². The van der Waals surface area contributed by atoms with Gasteiger partial charge in [-0.15, -0.1) is 0 Å². The van der Waals surface area contributed by atoms with Crippen molar-refractivity contribution in [2.75, 3.05) is 17.7 Å². The Labute approximate surface area is 157 Å². The number of ether oxygens (including phenoxy) is 1. The summed E-state index contributed by atoms with van der Waals surface area (Å²) in [6.45, 7) is 0.641. The van der Waals surface area contributed by atoms with Crippen molar-refractivity contribution in [3.63, 3.8) is 0 Å². The van der Waals surface area contributed by atoms with E-state index >= 15 is 0 Å². The third-order valence-electron chi connectivity index (χ3n) is 3.90. The van der Waals surface area contributed by atoms with Crippen LogP contribution in [0.2, 0.25) is 0 Å². The summed E-state index contributed by atoms with van der Waals surface area (Å²) in [5.41, 5.74) is 3.33. The van der Waals surface area contributed by atoms with Gasteiger partial charge in [0.05, 0.1) is 23.9 Å². The van der Waals surface area contributed by atoms with Crippen LogP contribution in [0.5, 0.6) is 0 Å². The summed E-state index contributed by atoms with van der Waals surface area (Å²) >= 11 is 0. The largest absolute Gasteiger partial charge is 0.465 e. The van der Waals surface area contributed by atoms with E-state index in [4.69, 9.17) is 0 Å². The number of esters is 1. The zero-order chi connectivity index (χ0) is 19.1. The molecule has 6 heteroatoms. The summed E-state index contributed by atoms with van der Waals surface area (Å²) in [6.07, 6.45) is 3.18. The quantitative estimate of drug-likeness (QED) is 0.654. The molecule has 0 radical (unpaired) electrons. The molecule has 0 aliphatic rings. The fourth-order valence-corrected chi connectivity index (χ4v) is 2.47. The van der Waals surface area contributed by atoms with Crippen LogP contribution in [0.25, 0.3) is 0 Å². The second-order valence-corrected chi connectivity index (χ2v) is 5.82. The lowest BCUT2D eigenvalue weighted by atomic mass is 10.2. The average Bonchev–Trinajstić information content (AvgIpc) is 2.73. The number of pyridine rings is 1. The molecule has 0 bridgehead atoms. The van der Waals surface area contributed by atoms with E-state index in [1.54, 1.807) is 36.5 Å². The topological polar surface area (TPSA) is 80.3 Å². The molecule has 0 unspecified atom stereocenters. The number of hydrogen-bond donors (Lipinski definition) is 2. The first-order chi connectivity index (χ1) is 13.2. The number of aromatic nitrogens is 1. The van der Waals surface area contributed by atoms with Gasteiger partial charge in [0.15, 0.2) is 0 Å². The van der Waals surface area contributed by atoms with Crippen LogP contribution in [0.3, 0.4) is 0 Å². The van der Waals surface area contributed by atoms with Crippen LogP contribution in [0.4, 0.5) is 11.4 Å². The number of methoxy groups -OCH3 is 1. The Morgan fingerprint density at radius 2 is 1.67 bits per heavy atom. The second kappa shape index (κ2) is 8.62. The molecule has 1 aromatic heterocycles. The molecule has 1 amide bonds. The molecular weight excluding hydrogens is 342 g/mol. The minimum absolute atomic E-state index is 0.281. The van der Waals surface area contributed by atoms with Crippen molar-refractivity contribution >= 4 is 23.3 Å². The van der Waals surface area contributed by atoms with Crippen molar-refractivity contribution in [2.24, 2.45) is 0 Å². The molecule has 0 aliphatic heterocycles. The summed E-state index contributed by atoms with van der Waals surface area (Å²) in [4.78, 5) is 28.0. The molecule has 3 rings (SSSR count). The highest BCUT2D eigenvalue weighted by atomic mass is 16.5. The molecule has 0 aliphatic carbocycles. The number of hydrogen-bond acceptors (Lipinski definition) is 5. The van der Waals surface area contributed by atoms with E-state index in [1.807, 2.05) is 30.3 Å². The van der Waals surface area contributed by atoms with E-state index in [0.29, 0.717) is 23.4 Å². The zero-order valence-corrected chi connectivity index (χ0v) is 14.8. The molecule has 27 heavy (non-hydrogen) atoms. The van der Waals surface area contributed by atoms with Crippen molar-refractivity contribution in [3.05, 3.63) is 89.7 Å². The number of nitrogens with one attached hydrogen (secondary N) is 2. The van der Waals surface area contributed by atoms with E-state index in [1.165, 1.54) is 13.3 Å². The van der Waals surface area contributed by atoms with E-state index in [-0.39, 0.29) is 5.91 Å². The molecular formula is C21H19N3O3. The molecule has 6 nitrogen and oxygen atoms in total. The molecule has 2 aromatic carbocycles. The normalized spacial score (nSPS) is 10.1. The molecule has 0 saturated carbocycles. The molecule has 3 aromatic rings. The standard InChI is InChI=1S/C21H19N3O3/c1-27-21(26)16-7-9-18(10-8-16)24-20(25)17-11-19(14-22-13-17)23-12-15-5-3-2-4-6-15/h2-11,13-14,23H,12H2,1H3,(H,24,25). The Kier molecular flexibility index (Phi) is 5.79. The summed E-state index contributed by atoms with van der Waals surface area (Å²) in [5.74, 6) is -0.703. The van der Waals surface area contributed by atoms with Gasteiger partial charge >= 0.3 is 5.97 Å². The number of rotatable bonds is 6. The maximum absolute atomic E-state index is 12.4. The van der Waals surface area contributed by atoms with Crippen LogP contribution in [0.1, 0.15) is 26.3 Å².